The Morgan fingerprint density at radius 3 is 2.58 bits per heavy atom. The van der Waals surface area contributed by atoms with Gasteiger partial charge in [-0.1, -0.05) is 57.5 Å². The van der Waals surface area contributed by atoms with E-state index in [0.29, 0.717) is 24.4 Å². The highest BCUT2D eigenvalue weighted by atomic mass is 16.5. The average Bonchev–Trinajstić information content (AvgIpc) is 2.55. The van der Waals surface area contributed by atoms with Crippen molar-refractivity contribution in [2.45, 2.75) is 59.6 Å². The van der Waals surface area contributed by atoms with E-state index < -0.39 is 0 Å². The van der Waals surface area contributed by atoms with Gasteiger partial charge in [0.1, 0.15) is 6.23 Å². The topological polar surface area (TPSA) is 38.3 Å². The smallest absolute Gasteiger partial charge is 0.225 e. The summed E-state index contributed by atoms with van der Waals surface area (Å²) in [5, 5.41) is 3.18. The number of nitrogens with one attached hydrogen (secondary N) is 1. The fourth-order valence-electron chi connectivity index (χ4n) is 3.95. The molecule has 2 rings (SSSR count). The van der Waals surface area contributed by atoms with Crippen LogP contribution in [0.5, 0.6) is 0 Å². The summed E-state index contributed by atoms with van der Waals surface area (Å²) in [4.78, 5) is 12.9. The van der Waals surface area contributed by atoms with Crippen molar-refractivity contribution in [3.63, 3.8) is 0 Å². The Labute approximate surface area is 147 Å². The lowest BCUT2D eigenvalue weighted by molar-refractivity contribution is -0.133. The van der Waals surface area contributed by atoms with E-state index in [1.807, 2.05) is 25.1 Å². The van der Waals surface area contributed by atoms with Crippen molar-refractivity contribution in [1.82, 2.24) is 5.32 Å². The van der Waals surface area contributed by atoms with E-state index in [0.717, 1.165) is 19.3 Å². The largest absolute Gasteiger partial charge is 0.358 e. The highest BCUT2D eigenvalue weighted by Gasteiger charge is 2.36. The van der Waals surface area contributed by atoms with Crippen LogP contribution in [0.15, 0.2) is 30.3 Å². The first kappa shape index (κ1) is 19.0. The molecule has 1 aliphatic rings. The van der Waals surface area contributed by atoms with E-state index >= 15 is 0 Å². The Hall–Kier alpha value is -1.35. The molecule has 1 aromatic carbocycles. The summed E-state index contributed by atoms with van der Waals surface area (Å²) in [6.07, 6.45) is 3.88. The van der Waals surface area contributed by atoms with Gasteiger partial charge in [-0.15, -0.1) is 0 Å². The fraction of sp³-hybridized carbons (Fsp3) is 0.667. The summed E-state index contributed by atoms with van der Waals surface area (Å²) in [6, 6.07) is 10.2. The molecule has 0 aliphatic heterocycles. The number of benzene rings is 1. The SMILES string of the molecule is CCOC(Cc1ccccc1)NC(=O)C1CC(C)CCC1C(C)C. The molecule has 0 aromatic heterocycles. The Balaban J connectivity index is 2.02. The lowest BCUT2D eigenvalue weighted by Crippen LogP contribution is -2.46. The van der Waals surface area contributed by atoms with Gasteiger partial charge in [0.25, 0.3) is 0 Å². The molecule has 134 valence electrons. The Kier molecular flexibility index (Phi) is 7.29. The first-order valence-electron chi connectivity index (χ1n) is 9.47. The molecule has 0 heterocycles. The first-order chi connectivity index (χ1) is 11.5. The van der Waals surface area contributed by atoms with Gasteiger partial charge in [0.2, 0.25) is 5.91 Å². The first-order valence-corrected chi connectivity index (χ1v) is 9.47. The van der Waals surface area contributed by atoms with Crippen LogP contribution >= 0.6 is 0 Å². The molecular weight excluding hydrogens is 298 g/mol. The quantitative estimate of drug-likeness (QED) is 0.751. The minimum atomic E-state index is -0.241. The molecule has 0 saturated heterocycles. The lowest BCUT2D eigenvalue weighted by atomic mass is 9.70. The molecule has 1 fully saturated rings. The van der Waals surface area contributed by atoms with E-state index in [2.05, 4.69) is 38.2 Å². The van der Waals surface area contributed by atoms with Crippen LogP contribution in [-0.4, -0.2) is 18.7 Å². The number of ether oxygens (including phenoxy) is 1. The highest BCUT2D eigenvalue weighted by Crippen LogP contribution is 2.38. The van der Waals surface area contributed by atoms with Gasteiger partial charge in [-0.3, -0.25) is 4.79 Å². The van der Waals surface area contributed by atoms with Crippen molar-refractivity contribution in [3.05, 3.63) is 35.9 Å². The van der Waals surface area contributed by atoms with E-state index in [-0.39, 0.29) is 18.1 Å². The predicted molar refractivity (Wildman–Crippen MR) is 98.5 cm³/mol. The monoisotopic (exact) mass is 331 g/mol. The third-order valence-corrected chi connectivity index (χ3v) is 5.29. The molecule has 4 unspecified atom stereocenters. The summed E-state index contributed by atoms with van der Waals surface area (Å²) >= 11 is 0. The van der Waals surface area contributed by atoms with Crippen LogP contribution in [0.4, 0.5) is 0 Å². The third-order valence-electron chi connectivity index (χ3n) is 5.29. The maximum absolute atomic E-state index is 12.9. The van der Waals surface area contributed by atoms with E-state index in [1.54, 1.807) is 0 Å². The van der Waals surface area contributed by atoms with E-state index in [9.17, 15) is 4.79 Å². The number of hydrogen-bond acceptors (Lipinski definition) is 2. The van der Waals surface area contributed by atoms with Crippen LogP contribution in [0.3, 0.4) is 0 Å². The third kappa shape index (κ3) is 5.34. The summed E-state index contributed by atoms with van der Waals surface area (Å²) in [5.41, 5.74) is 1.19. The minimum Gasteiger partial charge on any atom is -0.358 e. The minimum absolute atomic E-state index is 0.118. The number of amides is 1. The van der Waals surface area contributed by atoms with Crippen LogP contribution in [0.25, 0.3) is 0 Å². The molecule has 0 bridgehead atoms. The molecule has 1 saturated carbocycles. The summed E-state index contributed by atoms with van der Waals surface area (Å²) in [7, 11) is 0. The van der Waals surface area contributed by atoms with Crippen molar-refractivity contribution >= 4 is 5.91 Å². The van der Waals surface area contributed by atoms with Crippen molar-refractivity contribution in [3.8, 4) is 0 Å². The second-order valence-electron chi connectivity index (χ2n) is 7.57. The molecule has 0 radical (unpaired) electrons. The Morgan fingerprint density at radius 2 is 1.96 bits per heavy atom. The number of carbonyl (C=O) groups excluding carboxylic acids is 1. The van der Waals surface area contributed by atoms with Crippen molar-refractivity contribution in [1.29, 1.82) is 0 Å². The van der Waals surface area contributed by atoms with Gasteiger partial charge < -0.3 is 10.1 Å². The highest BCUT2D eigenvalue weighted by molar-refractivity contribution is 5.79. The van der Waals surface area contributed by atoms with Gasteiger partial charge in [0.05, 0.1) is 0 Å². The maximum atomic E-state index is 12.9. The van der Waals surface area contributed by atoms with Gasteiger partial charge in [-0.25, -0.2) is 0 Å². The second kappa shape index (κ2) is 9.22. The Morgan fingerprint density at radius 1 is 1.25 bits per heavy atom. The summed E-state index contributed by atoms with van der Waals surface area (Å²) in [5.74, 6) is 1.96. The Bertz CT molecular complexity index is 500. The molecule has 3 heteroatoms. The van der Waals surface area contributed by atoms with E-state index in [1.165, 1.54) is 12.0 Å². The zero-order chi connectivity index (χ0) is 17.5. The number of carbonyl (C=O) groups is 1. The summed E-state index contributed by atoms with van der Waals surface area (Å²) in [6.45, 7) is 9.33. The lowest BCUT2D eigenvalue weighted by Gasteiger charge is -2.37. The molecule has 4 atom stereocenters. The molecule has 1 aromatic rings. The zero-order valence-corrected chi connectivity index (χ0v) is 15.6. The molecule has 1 aliphatic carbocycles. The van der Waals surface area contributed by atoms with Gasteiger partial charge in [-0.05, 0) is 43.1 Å². The molecule has 1 N–H and O–H groups in total. The second-order valence-corrected chi connectivity index (χ2v) is 7.57. The van der Waals surface area contributed by atoms with Crippen LogP contribution in [0.1, 0.15) is 52.5 Å². The van der Waals surface area contributed by atoms with Gasteiger partial charge in [0, 0.05) is 18.9 Å². The van der Waals surface area contributed by atoms with Gasteiger partial charge in [0.15, 0.2) is 0 Å². The van der Waals surface area contributed by atoms with Gasteiger partial charge in [-0.2, -0.15) is 0 Å². The number of rotatable bonds is 7. The average molecular weight is 332 g/mol. The molecule has 3 nitrogen and oxygen atoms in total. The molecular formula is C21H33NO2. The van der Waals surface area contributed by atoms with E-state index in [4.69, 9.17) is 4.74 Å². The van der Waals surface area contributed by atoms with Gasteiger partial charge >= 0.3 is 0 Å². The number of hydrogen-bond donors (Lipinski definition) is 1. The molecule has 1 amide bonds. The van der Waals surface area contributed by atoms with Crippen molar-refractivity contribution in [2.24, 2.45) is 23.7 Å². The molecule has 24 heavy (non-hydrogen) atoms. The van der Waals surface area contributed by atoms with Crippen molar-refractivity contribution in [2.75, 3.05) is 6.61 Å². The summed E-state index contributed by atoms with van der Waals surface area (Å²) < 4.78 is 5.80. The normalized spacial score (nSPS) is 25.5. The van der Waals surface area contributed by atoms with Crippen LogP contribution < -0.4 is 5.32 Å². The van der Waals surface area contributed by atoms with Crippen molar-refractivity contribution < 1.29 is 9.53 Å². The zero-order valence-electron chi connectivity index (χ0n) is 15.6. The standard InChI is InChI=1S/C21H33NO2/c1-5-24-20(14-17-9-7-6-8-10-17)22-21(23)19-13-16(4)11-12-18(19)15(2)3/h6-10,15-16,18-20H,5,11-14H2,1-4H3,(H,22,23). The van der Waals surface area contributed by atoms with Crippen LogP contribution in [-0.2, 0) is 16.0 Å². The predicted octanol–water partition coefficient (Wildman–Crippen LogP) is 4.42. The van der Waals surface area contributed by atoms with Crippen LogP contribution in [0, 0.1) is 23.7 Å². The molecule has 0 spiro atoms. The van der Waals surface area contributed by atoms with Crippen LogP contribution in [0.2, 0.25) is 0 Å². The fourth-order valence-corrected chi connectivity index (χ4v) is 3.95. The maximum Gasteiger partial charge on any atom is 0.225 e.